The summed E-state index contributed by atoms with van der Waals surface area (Å²) >= 11 is 11.9. The molecule has 3 N–H and O–H groups in total. The van der Waals surface area contributed by atoms with E-state index in [0.717, 1.165) is 23.1 Å². The van der Waals surface area contributed by atoms with Crippen LogP contribution < -0.4 is 11.1 Å². The molecule has 2 heterocycles. The number of anilines is 1. The number of pyridine rings is 1. The molecule has 0 radical (unpaired) electrons. The summed E-state index contributed by atoms with van der Waals surface area (Å²) in [6.07, 6.45) is 10.1. The van der Waals surface area contributed by atoms with Crippen molar-refractivity contribution in [3.05, 3.63) is 57.2 Å². The van der Waals surface area contributed by atoms with E-state index >= 15 is 0 Å². The van der Waals surface area contributed by atoms with Crippen molar-refractivity contribution in [1.82, 2.24) is 15.2 Å². The number of urea groups is 1. The van der Waals surface area contributed by atoms with Crippen LogP contribution in [0.15, 0.2) is 30.5 Å². The van der Waals surface area contributed by atoms with Gasteiger partial charge in [0.15, 0.2) is 0 Å². The van der Waals surface area contributed by atoms with Crippen LogP contribution in [-0.4, -0.2) is 22.5 Å². The number of aromatic nitrogens is 1. The maximum atomic E-state index is 12.3. The Morgan fingerprint density at radius 2 is 1.79 bits per heavy atom. The zero-order chi connectivity index (χ0) is 19.9. The molecular weight excluding hydrogens is 395 g/mol. The van der Waals surface area contributed by atoms with E-state index < -0.39 is 0 Å². The van der Waals surface area contributed by atoms with Gasteiger partial charge in [-0.3, -0.25) is 0 Å². The highest BCUT2D eigenvalue weighted by molar-refractivity contribution is 6.42. The van der Waals surface area contributed by atoms with E-state index in [4.69, 9.17) is 28.9 Å². The smallest absolute Gasteiger partial charge is 0.317 e. The van der Waals surface area contributed by atoms with Gasteiger partial charge in [-0.05, 0) is 41.3 Å². The van der Waals surface area contributed by atoms with Gasteiger partial charge in [0.25, 0.3) is 0 Å². The fraction of sp³-hybridized carbons (Fsp3) is 0.429. The largest absolute Gasteiger partial charge is 0.384 e. The number of hydrogen-bond acceptors (Lipinski definition) is 3. The second-order valence-electron chi connectivity index (χ2n) is 7.22. The first-order chi connectivity index (χ1) is 13.5. The lowest BCUT2D eigenvalue weighted by molar-refractivity contribution is 0.192. The number of nitrogens with one attached hydrogen (secondary N) is 1. The van der Waals surface area contributed by atoms with Gasteiger partial charge in [0.1, 0.15) is 5.82 Å². The molecule has 4 rings (SSSR count). The van der Waals surface area contributed by atoms with Gasteiger partial charge in [0.05, 0.1) is 10.0 Å². The van der Waals surface area contributed by atoms with Gasteiger partial charge >= 0.3 is 6.03 Å². The van der Waals surface area contributed by atoms with Crippen molar-refractivity contribution in [3.63, 3.8) is 0 Å². The standard InChI is InChI=1S/C16H16Cl2N4O.C5H10/c17-13-2-1-10(5-14(13)18)7-21-16(23)22-4-3-11-8-20-15(19)6-12(11)9-22;1-2-4-5-3-1/h1-2,5-6,8H,3-4,7,9H2,(H2,19,20)(H,21,23);1-5H2. The van der Waals surface area contributed by atoms with Crippen LogP contribution in [-0.2, 0) is 19.5 Å². The third-order valence-electron chi connectivity index (χ3n) is 5.08. The minimum atomic E-state index is -0.114. The third-order valence-corrected chi connectivity index (χ3v) is 5.82. The van der Waals surface area contributed by atoms with Crippen LogP contribution in [0.4, 0.5) is 10.6 Å². The number of hydrogen-bond donors (Lipinski definition) is 2. The summed E-state index contributed by atoms with van der Waals surface area (Å²) in [5, 5.41) is 3.88. The SMILES string of the molecule is C1CCCC1.Nc1cc2c(cn1)CCN(C(=O)NCc1ccc(Cl)c(Cl)c1)C2. The highest BCUT2D eigenvalue weighted by Crippen LogP contribution is 2.23. The van der Waals surface area contributed by atoms with Gasteiger partial charge in [-0.1, -0.05) is 61.4 Å². The average molecular weight is 421 g/mol. The number of carbonyl (C=O) groups excluding carboxylic acids is 1. The van der Waals surface area contributed by atoms with Crippen LogP contribution in [0.2, 0.25) is 10.0 Å². The van der Waals surface area contributed by atoms with Crippen molar-refractivity contribution in [1.29, 1.82) is 0 Å². The molecule has 28 heavy (non-hydrogen) atoms. The predicted octanol–water partition coefficient (Wildman–Crippen LogP) is 5.19. The molecule has 1 aliphatic carbocycles. The number of fused-ring (bicyclic) bond motifs is 1. The van der Waals surface area contributed by atoms with Crippen molar-refractivity contribution in [2.45, 2.75) is 51.6 Å². The molecule has 1 aliphatic heterocycles. The normalized spacial score (nSPS) is 15.4. The average Bonchev–Trinajstić information content (AvgIpc) is 3.28. The van der Waals surface area contributed by atoms with Gasteiger partial charge in [-0.15, -0.1) is 0 Å². The monoisotopic (exact) mass is 420 g/mol. The molecule has 0 saturated heterocycles. The highest BCUT2D eigenvalue weighted by atomic mass is 35.5. The summed E-state index contributed by atoms with van der Waals surface area (Å²) in [6.45, 7) is 1.60. The lowest BCUT2D eigenvalue weighted by Gasteiger charge is -2.29. The minimum Gasteiger partial charge on any atom is -0.384 e. The van der Waals surface area contributed by atoms with Crippen LogP contribution in [0.5, 0.6) is 0 Å². The Hall–Kier alpha value is -1.98. The van der Waals surface area contributed by atoms with E-state index in [0.29, 0.717) is 35.5 Å². The van der Waals surface area contributed by atoms with Crippen molar-refractivity contribution in [3.8, 4) is 0 Å². The van der Waals surface area contributed by atoms with Crippen molar-refractivity contribution < 1.29 is 4.79 Å². The molecule has 0 atom stereocenters. The topological polar surface area (TPSA) is 71.2 Å². The fourth-order valence-corrected chi connectivity index (χ4v) is 3.77. The summed E-state index contributed by atoms with van der Waals surface area (Å²) in [6, 6.07) is 7.03. The van der Waals surface area contributed by atoms with Crippen molar-refractivity contribution >= 4 is 35.1 Å². The Bertz CT molecular complexity index is 816. The molecule has 0 spiro atoms. The number of rotatable bonds is 2. The quantitative estimate of drug-likeness (QED) is 0.701. The Morgan fingerprint density at radius 1 is 1.07 bits per heavy atom. The van der Waals surface area contributed by atoms with Crippen molar-refractivity contribution in [2.75, 3.05) is 12.3 Å². The first kappa shape index (κ1) is 20.7. The third kappa shape index (κ3) is 5.76. The van der Waals surface area contributed by atoms with Crippen molar-refractivity contribution in [2.24, 2.45) is 0 Å². The first-order valence-corrected chi connectivity index (χ1v) is 10.5. The number of amides is 2. The van der Waals surface area contributed by atoms with E-state index in [-0.39, 0.29) is 6.03 Å². The fourth-order valence-electron chi connectivity index (χ4n) is 3.45. The Labute approximate surface area is 176 Å². The van der Waals surface area contributed by atoms with Crippen LogP contribution in [0, 0.1) is 0 Å². The molecule has 2 aliphatic rings. The summed E-state index contributed by atoms with van der Waals surface area (Å²) in [4.78, 5) is 18.2. The summed E-state index contributed by atoms with van der Waals surface area (Å²) < 4.78 is 0. The second kappa shape index (κ2) is 9.99. The molecule has 1 fully saturated rings. The van der Waals surface area contributed by atoms with Crippen LogP contribution >= 0.6 is 23.2 Å². The summed E-state index contributed by atoms with van der Waals surface area (Å²) in [5.74, 6) is 0.474. The van der Waals surface area contributed by atoms with E-state index in [1.807, 2.05) is 12.1 Å². The Balaban J connectivity index is 0.000000391. The lowest BCUT2D eigenvalue weighted by atomic mass is 10.0. The van der Waals surface area contributed by atoms with Gasteiger partial charge in [-0.25, -0.2) is 9.78 Å². The maximum Gasteiger partial charge on any atom is 0.317 e. The van der Waals surface area contributed by atoms with Crippen LogP contribution in [0.25, 0.3) is 0 Å². The molecule has 1 saturated carbocycles. The molecule has 0 unspecified atom stereocenters. The number of benzene rings is 1. The molecule has 150 valence electrons. The number of carbonyl (C=O) groups is 1. The number of nitrogens with zero attached hydrogens (tertiary/aromatic N) is 2. The van der Waals surface area contributed by atoms with E-state index in [1.165, 1.54) is 32.1 Å². The molecule has 2 aromatic rings. The van der Waals surface area contributed by atoms with Gasteiger partial charge in [0.2, 0.25) is 0 Å². The number of halogens is 2. The van der Waals surface area contributed by atoms with Crippen LogP contribution in [0.3, 0.4) is 0 Å². The molecule has 7 heteroatoms. The van der Waals surface area contributed by atoms with E-state index in [1.54, 1.807) is 23.2 Å². The number of nitrogens with two attached hydrogens (primary N) is 1. The van der Waals surface area contributed by atoms with E-state index in [9.17, 15) is 4.79 Å². The lowest BCUT2D eigenvalue weighted by Crippen LogP contribution is -2.42. The zero-order valence-electron chi connectivity index (χ0n) is 15.9. The minimum absolute atomic E-state index is 0.114. The molecule has 1 aromatic carbocycles. The molecule has 2 amide bonds. The molecular formula is C21H26Cl2N4O. The van der Waals surface area contributed by atoms with Crippen LogP contribution in [0.1, 0.15) is 48.8 Å². The number of nitrogen functional groups attached to an aromatic ring is 1. The summed E-state index contributed by atoms with van der Waals surface area (Å²) in [7, 11) is 0. The second-order valence-corrected chi connectivity index (χ2v) is 8.04. The van der Waals surface area contributed by atoms with Gasteiger partial charge in [-0.2, -0.15) is 0 Å². The summed E-state index contributed by atoms with van der Waals surface area (Å²) in [5.41, 5.74) is 8.81. The molecule has 0 bridgehead atoms. The zero-order valence-corrected chi connectivity index (χ0v) is 17.4. The Morgan fingerprint density at radius 3 is 2.46 bits per heavy atom. The molecule has 5 nitrogen and oxygen atoms in total. The van der Waals surface area contributed by atoms with E-state index in [2.05, 4.69) is 10.3 Å². The maximum absolute atomic E-state index is 12.3. The Kier molecular flexibility index (Phi) is 7.40. The van der Waals surface area contributed by atoms with Gasteiger partial charge < -0.3 is 16.0 Å². The first-order valence-electron chi connectivity index (χ1n) is 9.73. The molecule has 1 aromatic heterocycles. The highest BCUT2D eigenvalue weighted by Gasteiger charge is 2.21. The van der Waals surface area contributed by atoms with Gasteiger partial charge in [0, 0.05) is 25.8 Å². The predicted molar refractivity (Wildman–Crippen MR) is 115 cm³/mol.